The van der Waals surface area contributed by atoms with E-state index in [1.54, 1.807) is 0 Å². The van der Waals surface area contributed by atoms with Crippen molar-refractivity contribution in [2.24, 2.45) is 0 Å². The molecule has 0 amide bonds. The molecule has 1 heteroatoms. The van der Waals surface area contributed by atoms with E-state index in [0.29, 0.717) is 0 Å². The van der Waals surface area contributed by atoms with Gasteiger partial charge in [-0.1, -0.05) is 60.2 Å². The number of hydrogen-bond donors (Lipinski definition) is 1. The smallest absolute Gasteiger partial charge is 0.104 e. The molecule has 0 fully saturated rings. The molecule has 1 N–H and O–H groups in total. The molecule has 0 saturated heterocycles. The Hall–Kier alpha value is -1.60. The number of aliphatic hydroxyl groups is 1. The van der Waals surface area contributed by atoms with Crippen LogP contribution in [-0.2, 0) is 0 Å². The quantitative estimate of drug-likeness (QED) is 0.786. The lowest BCUT2D eigenvalue weighted by molar-refractivity contribution is 0.220. The zero-order chi connectivity index (χ0) is 10.7. The predicted molar refractivity (Wildman–Crippen MR) is 61.7 cm³/mol. The fourth-order valence-electron chi connectivity index (χ4n) is 1.67. The molecule has 0 aliphatic rings. The van der Waals surface area contributed by atoms with Crippen LogP contribution in [0, 0.1) is 6.92 Å². The number of aliphatic hydroxyl groups excluding tert-OH is 1. The summed E-state index contributed by atoms with van der Waals surface area (Å²) >= 11 is 0. The van der Waals surface area contributed by atoms with Crippen LogP contribution in [0.1, 0.15) is 22.8 Å². The third-order valence-corrected chi connectivity index (χ3v) is 2.47. The minimum absolute atomic E-state index is 0.522. The van der Waals surface area contributed by atoms with Crippen LogP contribution in [0.3, 0.4) is 0 Å². The van der Waals surface area contributed by atoms with Gasteiger partial charge >= 0.3 is 0 Å². The molecule has 76 valence electrons. The molecule has 1 nitrogen and oxygen atoms in total. The standard InChI is InChI=1S/C14H14O/c1-11-6-5-9-13(10-11)14(15)12-7-3-2-4-8-12/h2-10,14-15H,1H3/t14-/m0/s1. The maximum Gasteiger partial charge on any atom is 0.104 e. The monoisotopic (exact) mass is 198 g/mol. The Morgan fingerprint density at radius 1 is 0.867 bits per heavy atom. The van der Waals surface area contributed by atoms with Crippen LogP contribution < -0.4 is 0 Å². The Labute approximate surface area is 90.0 Å². The van der Waals surface area contributed by atoms with Gasteiger partial charge in [-0.3, -0.25) is 0 Å². The zero-order valence-corrected chi connectivity index (χ0v) is 8.72. The molecule has 0 saturated carbocycles. The highest BCUT2D eigenvalue weighted by molar-refractivity contribution is 5.31. The van der Waals surface area contributed by atoms with Crippen LogP contribution in [0.4, 0.5) is 0 Å². The summed E-state index contributed by atoms with van der Waals surface area (Å²) in [5.41, 5.74) is 3.05. The molecular weight excluding hydrogens is 184 g/mol. The number of aryl methyl sites for hydroxylation is 1. The van der Waals surface area contributed by atoms with Gasteiger partial charge in [-0.15, -0.1) is 0 Å². The molecule has 0 bridgehead atoms. The van der Waals surface area contributed by atoms with E-state index in [-0.39, 0.29) is 0 Å². The number of benzene rings is 2. The molecule has 0 spiro atoms. The second kappa shape index (κ2) is 4.28. The molecule has 0 heterocycles. The average Bonchev–Trinajstić information content (AvgIpc) is 2.29. The number of hydrogen-bond acceptors (Lipinski definition) is 1. The molecule has 0 aromatic heterocycles. The minimum atomic E-state index is -0.522. The second-order valence-electron chi connectivity index (χ2n) is 3.73. The van der Waals surface area contributed by atoms with Crippen molar-refractivity contribution in [1.29, 1.82) is 0 Å². The fraction of sp³-hybridized carbons (Fsp3) is 0.143. The van der Waals surface area contributed by atoms with Crippen molar-refractivity contribution in [3.63, 3.8) is 0 Å². The molecule has 2 aromatic carbocycles. The largest absolute Gasteiger partial charge is 0.384 e. The molecule has 15 heavy (non-hydrogen) atoms. The van der Waals surface area contributed by atoms with E-state index in [2.05, 4.69) is 0 Å². The molecule has 2 aromatic rings. The van der Waals surface area contributed by atoms with Crippen LogP contribution in [0.15, 0.2) is 54.6 Å². The third kappa shape index (κ3) is 2.25. The van der Waals surface area contributed by atoms with Gasteiger partial charge in [0.25, 0.3) is 0 Å². The predicted octanol–water partition coefficient (Wildman–Crippen LogP) is 3.08. The van der Waals surface area contributed by atoms with E-state index in [0.717, 1.165) is 11.1 Å². The molecule has 2 rings (SSSR count). The zero-order valence-electron chi connectivity index (χ0n) is 8.72. The molecule has 0 aliphatic heterocycles. The van der Waals surface area contributed by atoms with Crippen molar-refractivity contribution in [2.45, 2.75) is 13.0 Å². The fourth-order valence-corrected chi connectivity index (χ4v) is 1.67. The summed E-state index contributed by atoms with van der Waals surface area (Å²) in [6, 6.07) is 17.7. The van der Waals surface area contributed by atoms with E-state index < -0.39 is 6.10 Å². The topological polar surface area (TPSA) is 20.2 Å². The van der Waals surface area contributed by atoms with Gasteiger partial charge in [-0.25, -0.2) is 0 Å². The van der Waals surface area contributed by atoms with Crippen molar-refractivity contribution in [3.05, 3.63) is 71.3 Å². The second-order valence-corrected chi connectivity index (χ2v) is 3.73. The molecule has 0 radical (unpaired) electrons. The van der Waals surface area contributed by atoms with E-state index in [9.17, 15) is 5.11 Å². The highest BCUT2D eigenvalue weighted by Gasteiger charge is 2.08. The van der Waals surface area contributed by atoms with Gasteiger partial charge in [-0.2, -0.15) is 0 Å². The van der Waals surface area contributed by atoms with Crippen molar-refractivity contribution < 1.29 is 5.11 Å². The van der Waals surface area contributed by atoms with E-state index in [1.165, 1.54) is 5.56 Å². The minimum Gasteiger partial charge on any atom is -0.384 e. The van der Waals surface area contributed by atoms with Crippen molar-refractivity contribution in [1.82, 2.24) is 0 Å². The Kier molecular flexibility index (Phi) is 2.84. The SMILES string of the molecule is Cc1cccc([C@@H](O)c2ccccc2)c1. The Morgan fingerprint density at radius 3 is 2.20 bits per heavy atom. The lowest BCUT2D eigenvalue weighted by atomic mass is 10.0. The first-order valence-corrected chi connectivity index (χ1v) is 5.07. The lowest BCUT2D eigenvalue weighted by Crippen LogP contribution is -1.99. The average molecular weight is 198 g/mol. The summed E-state index contributed by atoms with van der Waals surface area (Å²) in [7, 11) is 0. The van der Waals surface area contributed by atoms with E-state index in [1.807, 2.05) is 61.5 Å². The van der Waals surface area contributed by atoms with Gasteiger partial charge in [0.2, 0.25) is 0 Å². The van der Waals surface area contributed by atoms with Crippen LogP contribution in [0.25, 0.3) is 0 Å². The van der Waals surface area contributed by atoms with Crippen LogP contribution in [0.2, 0.25) is 0 Å². The first-order valence-electron chi connectivity index (χ1n) is 5.07. The van der Waals surface area contributed by atoms with Crippen LogP contribution in [-0.4, -0.2) is 5.11 Å². The first kappa shape index (κ1) is 9.94. The van der Waals surface area contributed by atoms with Crippen molar-refractivity contribution in [3.8, 4) is 0 Å². The van der Waals surface area contributed by atoms with Crippen molar-refractivity contribution in [2.75, 3.05) is 0 Å². The van der Waals surface area contributed by atoms with Crippen molar-refractivity contribution >= 4 is 0 Å². The highest BCUT2D eigenvalue weighted by Crippen LogP contribution is 2.21. The summed E-state index contributed by atoms with van der Waals surface area (Å²) < 4.78 is 0. The van der Waals surface area contributed by atoms with Gasteiger partial charge in [0.15, 0.2) is 0 Å². The molecular formula is C14H14O. The summed E-state index contributed by atoms with van der Waals surface area (Å²) in [6.45, 7) is 2.03. The Balaban J connectivity index is 2.32. The Morgan fingerprint density at radius 2 is 1.53 bits per heavy atom. The van der Waals surface area contributed by atoms with E-state index >= 15 is 0 Å². The normalized spacial score (nSPS) is 12.4. The van der Waals surface area contributed by atoms with Gasteiger partial charge in [-0.05, 0) is 18.1 Å². The first-order chi connectivity index (χ1) is 7.27. The summed E-state index contributed by atoms with van der Waals surface area (Å²) in [6.07, 6.45) is -0.522. The maximum atomic E-state index is 10.1. The summed E-state index contributed by atoms with van der Waals surface area (Å²) in [5, 5.41) is 10.1. The van der Waals surface area contributed by atoms with Crippen LogP contribution in [0.5, 0.6) is 0 Å². The number of rotatable bonds is 2. The molecule has 0 unspecified atom stereocenters. The van der Waals surface area contributed by atoms with Gasteiger partial charge in [0.05, 0.1) is 0 Å². The van der Waals surface area contributed by atoms with E-state index in [4.69, 9.17) is 0 Å². The van der Waals surface area contributed by atoms with Gasteiger partial charge < -0.3 is 5.11 Å². The third-order valence-electron chi connectivity index (χ3n) is 2.47. The summed E-state index contributed by atoms with van der Waals surface area (Å²) in [4.78, 5) is 0. The van der Waals surface area contributed by atoms with Crippen LogP contribution >= 0.6 is 0 Å². The molecule has 0 aliphatic carbocycles. The molecule has 1 atom stereocenters. The highest BCUT2D eigenvalue weighted by atomic mass is 16.3. The van der Waals surface area contributed by atoms with Gasteiger partial charge in [0, 0.05) is 0 Å². The van der Waals surface area contributed by atoms with Gasteiger partial charge in [0.1, 0.15) is 6.10 Å². The Bertz CT molecular complexity index is 434. The maximum absolute atomic E-state index is 10.1. The summed E-state index contributed by atoms with van der Waals surface area (Å²) in [5.74, 6) is 0. The lowest BCUT2D eigenvalue weighted by Gasteiger charge is -2.11.